The van der Waals surface area contributed by atoms with Gasteiger partial charge in [-0.2, -0.15) is 0 Å². The summed E-state index contributed by atoms with van der Waals surface area (Å²) in [6.45, 7) is 4.47. The molecule has 0 aromatic heterocycles. The van der Waals surface area contributed by atoms with Crippen LogP contribution >= 0.6 is 0 Å². The summed E-state index contributed by atoms with van der Waals surface area (Å²) in [4.78, 5) is 0. The van der Waals surface area contributed by atoms with E-state index < -0.39 is 0 Å². The second-order valence-corrected chi connectivity index (χ2v) is 4.02. The number of aliphatic hydroxyl groups excluding tert-OH is 1. The molecular formula is C9H17NO. The molecular weight excluding hydrogens is 138 g/mol. The largest absolute Gasteiger partial charge is 0.511 e. The van der Waals surface area contributed by atoms with Gasteiger partial charge >= 0.3 is 0 Å². The lowest BCUT2D eigenvalue weighted by molar-refractivity contribution is 0.251. The first-order valence-corrected chi connectivity index (χ1v) is 4.14. The van der Waals surface area contributed by atoms with E-state index in [-0.39, 0.29) is 0 Å². The van der Waals surface area contributed by atoms with E-state index in [2.05, 4.69) is 19.2 Å². The number of aliphatic hydroxyl groups is 1. The summed E-state index contributed by atoms with van der Waals surface area (Å²) in [6, 6.07) is 0. The molecule has 0 heterocycles. The van der Waals surface area contributed by atoms with Gasteiger partial charge < -0.3 is 10.4 Å². The van der Waals surface area contributed by atoms with E-state index in [9.17, 15) is 5.11 Å². The lowest BCUT2D eigenvalue weighted by Gasteiger charge is -2.30. The number of rotatable bonds is 1. The highest BCUT2D eigenvalue weighted by Gasteiger charge is 2.26. The van der Waals surface area contributed by atoms with Crippen LogP contribution in [0, 0.1) is 5.41 Å². The third kappa shape index (κ3) is 1.88. The SMILES string of the molecule is CNC1=C(O)CCC(C)(C)C1. The van der Waals surface area contributed by atoms with Gasteiger partial charge in [-0.05, 0) is 18.3 Å². The topological polar surface area (TPSA) is 32.3 Å². The molecule has 0 atom stereocenters. The third-order valence-corrected chi connectivity index (χ3v) is 2.34. The molecule has 0 saturated carbocycles. The van der Waals surface area contributed by atoms with Gasteiger partial charge in [0, 0.05) is 19.2 Å². The monoisotopic (exact) mass is 155 g/mol. The molecule has 1 rings (SSSR count). The van der Waals surface area contributed by atoms with Crippen molar-refractivity contribution in [3.63, 3.8) is 0 Å². The van der Waals surface area contributed by atoms with Gasteiger partial charge in [0.15, 0.2) is 0 Å². The Labute approximate surface area is 68.3 Å². The summed E-state index contributed by atoms with van der Waals surface area (Å²) in [5, 5.41) is 12.5. The number of nitrogens with one attached hydrogen (secondary N) is 1. The minimum Gasteiger partial charge on any atom is -0.511 e. The maximum Gasteiger partial charge on any atom is 0.111 e. The summed E-state index contributed by atoms with van der Waals surface area (Å²) in [6.07, 6.45) is 2.88. The van der Waals surface area contributed by atoms with Gasteiger partial charge in [-0.25, -0.2) is 0 Å². The normalized spacial score (nSPS) is 23.5. The second-order valence-electron chi connectivity index (χ2n) is 4.02. The van der Waals surface area contributed by atoms with Crippen LogP contribution in [0.25, 0.3) is 0 Å². The van der Waals surface area contributed by atoms with Gasteiger partial charge in [-0.1, -0.05) is 13.8 Å². The van der Waals surface area contributed by atoms with Gasteiger partial charge in [0.25, 0.3) is 0 Å². The first-order valence-electron chi connectivity index (χ1n) is 4.14. The molecule has 0 aliphatic heterocycles. The van der Waals surface area contributed by atoms with Crippen molar-refractivity contribution in [1.82, 2.24) is 5.32 Å². The average molecular weight is 155 g/mol. The number of allylic oxidation sites excluding steroid dienone is 2. The molecule has 0 aromatic carbocycles. The van der Waals surface area contributed by atoms with Crippen molar-refractivity contribution in [2.75, 3.05) is 7.05 Å². The van der Waals surface area contributed by atoms with Crippen molar-refractivity contribution in [3.05, 3.63) is 11.5 Å². The summed E-state index contributed by atoms with van der Waals surface area (Å²) < 4.78 is 0. The van der Waals surface area contributed by atoms with Crippen molar-refractivity contribution in [1.29, 1.82) is 0 Å². The van der Waals surface area contributed by atoms with E-state index in [0.717, 1.165) is 25.0 Å². The molecule has 64 valence electrons. The molecule has 2 heteroatoms. The first-order chi connectivity index (χ1) is 5.05. The van der Waals surface area contributed by atoms with Gasteiger partial charge in [-0.15, -0.1) is 0 Å². The predicted molar refractivity (Wildman–Crippen MR) is 46.3 cm³/mol. The van der Waals surface area contributed by atoms with E-state index in [1.165, 1.54) is 0 Å². The molecule has 0 bridgehead atoms. The van der Waals surface area contributed by atoms with Crippen LogP contribution in [0.1, 0.15) is 33.1 Å². The summed E-state index contributed by atoms with van der Waals surface area (Å²) in [5.74, 6) is 0.548. The molecule has 0 saturated heterocycles. The molecule has 0 unspecified atom stereocenters. The molecule has 0 aromatic rings. The van der Waals surface area contributed by atoms with Crippen LogP contribution in [0.4, 0.5) is 0 Å². The highest BCUT2D eigenvalue weighted by molar-refractivity contribution is 5.11. The first kappa shape index (κ1) is 8.44. The fraction of sp³-hybridized carbons (Fsp3) is 0.778. The Hall–Kier alpha value is -0.660. The Morgan fingerprint density at radius 1 is 1.45 bits per heavy atom. The van der Waals surface area contributed by atoms with Gasteiger partial charge in [0.2, 0.25) is 0 Å². The highest BCUT2D eigenvalue weighted by Crippen LogP contribution is 2.36. The van der Waals surface area contributed by atoms with Crippen LogP contribution in [0.2, 0.25) is 0 Å². The van der Waals surface area contributed by atoms with E-state index in [4.69, 9.17) is 0 Å². The molecule has 0 radical (unpaired) electrons. The molecule has 1 aliphatic carbocycles. The van der Waals surface area contributed by atoms with Crippen LogP contribution in [-0.2, 0) is 0 Å². The van der Waals surface area contributed by atoms with E-state index in [0.29, 0.717) is 11.2 Å². The Morgan fingerprint density at radius 2 is 2.09 bits per heavy atom. The summed E-state index contributed by atoms with van der Waals surface area (Å²) >= 11 is 0. The summed E-state index contributed by atoms with van der Waals surface area (Å²) in [5.41, 5.74) is 1.37. The van der Waals surface area contributed by atoms with Crippen molar-refractivity contribution >= 4 is 0 Å². The van der Waals surface area contributed by atoms with Crippen molar-refractivity contribution in [2.45, 2.75) is 33.1 Å². The average Bonchev–Trinajstić information content (AvgIpc) is 1.94. The number of hydrogen-bond acceptors (Lipinski definition) is 2. The van der Waals surface area contributed by atoms with Crippen LogP contribution in [0.5, 0.6) is 0 Å². The molecule has 2 N–H and O–H groups in total. The summed E-state index contributed by atoms with van der Waals surface area (Å²) in [7, 11) is 1.87. The Morgan fingerprint density at radius 3 is 2.55 bits per heavy atom. The van der Waals surface area contributed by atoms with Crippen LogP contribution in [-0.4, -0.2) is 12.2 Å². The number of hydrogen-bond donors (Lipinski definition) is 2. The lowest BCUT2D eigenvalue weighted by Crippen LogP contribution is -2.24. The molecule has 1 aliphatic rings. The molecule has 0 spiro atoms. The third-order valence-electron chi connectivity index (χ3n) is 2.34. The van der Waals surface area contributed by atoms with E-state index in [1.54, 1.807) is 0 Å². The molecule has 0 amide bonds. The fourth-order valence-electron chi connectivity index (χ4n) is 1.51. The van der Waals surface area contributed by atoms with Gasteiger partial charge in [0.05, 0.1) is 0 Å². The van der Waals surface area contributed by atoms with Gasteiger partial charge in [-0.3, -0.25) is 0 Å². The Kier molecular flexibility index (Phi) is 2.12. The second kappa shape index (κ2) is 2.76. The molecule has 11 heavy (non-hydrogen) atoms. The standard InChI is InChI=1S/C9H17NO/c1-9(2)5-4-8(11)7(6-9)10-3/h10-11H,4-6H2,1-3H3. The highest BCUT2D eigenvalue weighted by atomic mass is 16.3. The molecule has 0 fully saturated rings. The molecule has 2 nitrogen and oxygen atoms in total. The van der Waals surface area contributed by atoms with Gasteiger partial charge in [0.1, 0.15) is 5.76 Å². The van der Waals surface area contributed by atoms with Crippen molar-refractivity contribution in [2.24, 2.45) is 5.41 Å². The predicted octanol–water partition coefficient (Wildman–Crippen LogP) is 2.19. The minimum absolute atomic E-state index is 0.352. The zero-order valence-electron chi connectivity index (χ0n) is 7.57. The fourth-order valence-corrected chi connectivity index (χ4v) is 1.51. The van der Waals surface area contributed by atoms with Crippen LogP contribution < -0.4 is 5.32 Å². The zero-order chi connectivity index (χ0) is 8.48. The zero-order valence-corrected chi connectivity index (χ0v) is 7.57. The van der Waals surface area contributed by atoms with E-state index in [1.807, 2.05) is 7.05 Å². The maximum atomic E-state index is 9.42. The van der Waals surface area contributed by atoms with Crippen molar-refractivity contribution in [3.8, 4) is 0 Å². The van der Waals surface area contributed by atoms with Crippen molar-refractivity contribution < 1.29 is 5.11 Å². The minimum atomic E-state index is 0.352. The Bertz CT molecular complexity index is 182. The Balaban J connectivity index is 2.73. The smallest absolute Gasteiger partial charge is 0.111 e. The van der Waals surface area contributed by atoms with Crippen LogP contribution in [0.15, 0.2) is 11.5 Å². The van der Waals surface area contributed by atoms with Crippen LogP contribution in [0.3, 0.4) is 0 Å². The van der Waals surface area contributed by atoms with E-state index >= 15 is 0 Å². The quantitative estimate of drug-likeness (QED) is 0.608. The lowest BCUT2D eigenvalue weighted by atomic mass is 9.79. The maximum absolute atomic E-state index is 9.42.